The molecule has 9 nitrogen and oxygen atoms in total. The highest BCUT2D eigenvalue weighted by Crippen LogP contribution is 2.54. The lowest BCUT2D eigenvalue weighted by molar-refractivity contribution is -0.384. The Morgan fingerprint density at radius 3 is 2.26 bits per heavy atom. The standard InChI is InChI=1S/C25H21N5O4S/c1-3-22-20-11-7-8-12-21(20)25(28(26-22)17-9-5-4-6-10-17)29(27-23(35-25)24(31)34-2)18-13-15-19(16-14-18)30(32)33/h4-16H,3H2,1-2H3/t25-/m1/s1. The Kier molecular flexibility index (Phi) is 5.73. The van der Waals surface area contributed by atoms with E-state index in [2.05, 4.69) is 5.10 Å². The van der Waals surface area contributed by atoms with Crippen LogP contribution in [0, 0.1) is 10.1 Å². The van der Waals surface area contributed by atoms with E-state index in [0.29, 0.717) is 12.1 Å². The van der Waals surface area contributed by atoms with Crippen LogP contribution >= 0.6 is 11.8 Å². The second-order valence-corrected chi connectivity index (χ2v) is 8.95. The molecule has 10 heteroatoms. The summed E-state index contributed by atoms with van der Waals surface area (Å²) in [7, 11) is 1.31. The summed E-state index contributed by atoms with van der Waals surface area (Å²) in [6, 6.07) is 23.6. The third-order valence-corrected chi connectivity index (χ3v) is 7.11. The zero-order chi connectivity index (χ0) is 24.6. The molecule has 2 heterocycles. The fraction of sp³-hybridized carbons (Fsp3) is 0.160. The number of thioether (sulfide) groups is 1. The first kappa shape index (κ1) is 22.6. The van der Waals surface area contributed by atoms with Crippen molar-refractivity contribution in [2.24, 2.45) is 10.2 Å². The number of methoxy groups -OCH3 is 1. The van der Waals surface area contributed by atoms with Crippen LogP contribution in [-0.4, -0.2) is 28.8 Å². The lowest BCUT2D eigenvalue weighted by atomic mass is 9.96. The summed E-state index contributed by atoms with van der Waals surface area (Å²) in [5.74, 6) is -0.574. The van der Waals surface area contributed by atoms with Crippen molar-refractivity contribution < 1.29 is 14.5 Å². The second-order valence-electron chi connectivity index (χ2n) is 7.79. The van der Waals surface area contributed by atoms with Gasteiger partial charge in [0, 0.05) is 23.3 Å². The summed E-state index contributed by atoms with van der Waals surface area (Å²) in [6.07, 6.45) is 0.698. The lowest BCUT2D eigenvalue weighted by Crippen LogP contribution is -2.53. The van der Waals surface area contributed by atoms with Gasteiger partial charge in [-0.05, 0) is 42.4 Å². The number of anilines is 2. The van der Waals surface area contributed by atoms with E-state index >= 15 is 0 Å². The molecule has 3 aromatic carbocycles. The molecule has 0 aliphatic carbocycles. The number of para-hydroxylation sites is 1. The maximum atomic E-state index is 12.7. The molecular formula is C25H21N5O4S. The van der Waals surface area contributed by atoms with Crippen LogP contribution in [0.1, 0.15) is 24.5 Å². The molecule has 0 radical (unpaired) electrons. The molecule has 0 amide bonds. The van der Waals surface area contributed by atoms with Gasteiger partial charge in [-0.1, -0.05) is 49.4 Å². The van der Waals surface area contributed by atoms with E-state index in [1.54, 1.807) is 17.1 Å². The molecule has 1 atom stereocenters. The number of non-ortho nitro benzene ring substituents is 1. The number of hydrazone groups is 2. The van der Waals surface area contributed by atoms with E-state index in [0.717, 1.165) is 22.5 Å². The first-order valence-corrected chi connectivity index (χ1v) is 11.7. The number of nitrogens with zero attached hydrogens (tertiary/aromatic N) is 5. The summed E-state index contributed by atoms with van der Waals surface area (Å²) >= 11 is 1.22. The Labute approximate surface area is 205 Å². The number of hydrogen-bond acceptors (Lipinski definition) is 9. The number of ether oxygens (including phenoxy) is 1. The van der Waals surface area contributed by atoms with Crippen molar-refractivity contribution in [1.29, 1.82) is 0 Å². The number of esters is 1. The molecule has 2 aliphatic heterocycles. The van der Waals surface area contributed by atoms with Crippen molar-refractivity contribution in [2.75, 3.05) is 17.1 Å². The van der Waals surface area contributed by atoms with Crippen molar-refractivity contribution in [3.05, 3.63) is 100 Å². The van der Waals surface area contributed by atoms with E-state index in [9.17, 15) is 14.9 Å². The van der Waals surface area contributed by atoms with Gasteiger partial charge >= 0.3 is 5.97 Å². The Morgan fingerprint density at radius 2 is 1.60 bits per heavy atom. The highest BCUT2D eigenvalue weighted by molar-refractivity contribution is 8.16. The normalized spacial score (nSPS) is 18.7. The Bertz CT molecular complexity index is 1360. The van der Waals surface area contributed by atoms with Gasteiger partial charge in [0.05, 0.1) is 29.1 Å². The number of rotatable bonds is 5. The van der Waals surface area contributed by atoms with Crippen LogP contribution in [-0.2, 0) is 14.5 Å². The number of benzene rings is 3. The third kappa shape index (κ3) is 3.62. The molecule has 0 saturated carbocycles. The predicted molar refractivity (Wildman–Crippen MR) is 136 cm³/mol. The summed E-state index contributed by atoms with van der Waals surface area (Å²) in [5.41, 5.74) is 4.05. The third-order valence-electron chi connectivity index (χ3n) is 5.81. The van der Waals surface area contributed by atoms with Crippen LogP contribution < -0.4 is 10.0 Å². The van der Waals surface area contributed by atoms with Crippen molar-refractivity contribution in [3.8, 4) is 0 Å². The van der Waals surface area contributed by atoms with Crippen molar-refractivity contribution in [2.45, 2.75) is 18.3 Å². The summed E-state index contributed by atoms with van der Waals surface area (Å²) in [6.45, 7) is 2.04. The fourth-order valence-corrected chi connectivity index (χ4v) is 5.53. The predicted octanol–water partition coefficient (Wildman–Crippen LogP) is 5.08. The van der Waals surface area contributed by atoms with Crippen LogP contribution in [0.25, 0.3) is 0 Å². The summed E-state index contributed by atoms with van der Waals surface area (Å²) < 4.78 is 5.01. The minimum Gasteiger partial charge on any atom is -0.464 e. The van der Waals surface area contributed by atoms with Crippen LogP contribution in [0.3, 0.4) is 0 Å². The summed E-state index contributed by atoms with van der Waals surface area (Å²) in [5, 5.41) is 24.7. The number of nitro groups is 1. The van der Waals surface area contributed by atoms with Crippen molar-refractivity contribution >= 4 is 45.5 Å². The molecule has 0 N–H and O–H groups in total. The number of nitro benzene ring substituents is 1. The van der Waals surface area contributed by atoms with Crippen LogP contribution in [0.5, 0.6) is 0 Å². The average Bonchev–Trinajstić information content (AvgIpc) is 3.30. The van der Waals surface area contributed by atoms with Gasteiger partial charge in [-0.25, -0.2) is 14.8 Å². The molecule has 5 rings (SSSR count). The molecule has 0 fully saturated rings. The van der Waals surface area contributed by atoms with Gasteiger partial charge in [-0.2, -0.15) is 10.2 Å². The first-order valence-electron chi connectivity index (χ1n) is 10.9. The smallest absolute Gasteiger partial charge is 0.365 e. The van der Waals surface area contributed by atoms with Gasteiger partial charge in [-0.3, -0.25) is 10.1 Å². The zero-order valence-corrected chi connectivity index (χ0v) is 19.8. The van der Waals surface area contributed by atoms with Crippen LogP contribution in [0.2, 0.25) is 0 Å². The van der Waals surface area contributed by atoms with Gasteiger partial charge in [0.25, 0.3) is 5.69 Å². The Morgan fingerprint density at radius 1 is 0.971 bits per heavy atom. The minimum atomic E-state index is -1.11. The van der Waals surface area contributed by atoms with E-state index in [1.807, 2.05) is 66.5 Å². The van der Waals surface area contributed by atoms with E-state index in [-0.39, 0.29) is 10.7 Å². The van der Waals surface area contributed by atoms with Gasteiger partial charge in [0.2, 0.25) is 10.0 Å². The molecule has 176 valence electrons. The van der Waals surface area contributed by atoms with E-state index < -0.39 is 15.9 Å². The van der Waals surface area contributed by atoms with Crippen LogP contribution in [0.15, 0.2) is 89.1 Å². The molecule has 3 aromatic rings. The topological polar surface area (TPSA) is 101 Å². The lowest BCUT2D eigenvalue weighted by Gasteiger charge is -2.47. The van der Waals surface area contributed by atoms with Crippen LogP contribution in [0.4, 0.5) is 17.1 Å². The van der Waals surface area contributed by atoms with Gasteiger partial charge in [-0.15, -0.1) is 0 Å². The fourth-order valence-electron chi connectivity index (χ4n) is 4.22. The highest BCUT2D eigenvalue weighted by atomic mass is 32.2. The number of carbonyl (C=O) groups is 1. The maximum absolute atomic E-state index is 12.7. The molecule has 35 heavy (non-hydrogen) atoms. The quantitative estimate of drug-likeness (QED) is 0.281. The molecule has 1 spiro atoms. The Hall–Kier alpha value is -4.18. The Balaban J connectivity index is 1.79. The molecule has 0 bridgehead atoms. The molecule has 0 unspecified atom stereocenters. The van der Waals surface area contributed by atoms with E-state index in [1.165, 1.54) is 31.0 Å². The summed E-state index contributed by atoms with van der Waals surface area (Å²) in [4.78, 5) is 22.4. The molecule has 0 aromatic heterocycles. The molecule has 0 saturated heterocycles. The highest BCUT2D eigenvalue weighted by Gasteiger charge is 2.56. The monoisotopic (exact) mass is 487 g/mol. The van der Waals surface area contributed by atoms with E-state index in [4.69, 9.17) is 9.84 Å². The largest absolute Gasteiger partial charge is 0.464 e. The number of carbonyl (C=O) groups excluding carboxylic acids is 1. The first-order chi connectivity index (χ1) is 17.0. The number of hydrogen-bond donors (Lipinski definition) is 0. The second kappa shape index (κ2) is 8.88. The van der Waals surface area contributed by atoms with Crippen molar-refractivity contribution in [3.63, 3.8) is 0 Å². The van der Waals surface area contributed by atoms with Gasteiger partial charge in [0.1, 0.15) is 0 Å². The molecule has 2 aliphatic rings. The van der Waals surface area contributed by atoms with Crippen molar-refractivity contribution in [1.82, 2.24) is 0 Å². The maximum Gasteiger partial charge on any atom is 0.365 e. The van der Waals surface area contributed by atoms with Gasteiger partial charge in [0.15, 0.2) is 0 Å². The SMILES string of the molecule is CCC1=NN(c2ccccc2)[C@]2(SC(C(=O)OC)=NN2c2ccc([N+](=O)[O-])cc2)c2ccccc21. The average molecular weight is 488 g/mol. The zero-order valence-electron chi connectivity index (χ0n) is 19.0. The van der Waals surface area contributed by atoms with Gasteiger partial charge < -0.3 is 4.74 Å². The minimum absolute atomic E-state index is 0.0397. The molecular weight excluding hydrogens is 466 g/mol. The number of fused-ring (bicyclic) bond motifs is 2.